The van der Waals surface area contributed by atoms with Crippen LogP contribution < -0.4 is 0 Å². The van der Waals surface area contributed by atoms with Crippen LogP contribution in [-0.2, 0) is 6.54 Å². The molecule has 0 fully saturated rings. The van der Waals surface area contributed by atoms with E-state index in [0.29, 0.717) is 0 Å². The number of hydrogen-bond acceptors (Lipinski definition) is 2. The molecule has 12 heavy (non-hydrogen) atoms. The van der Waals surface area contributed by atoms with E-state index in [2.05, 4.69) is 23.8 Å². The first-order chi connectivity index (χ1) is 5.83. The maximum Gasteiger partial charge on any atom is 0.0654 e. The van der Waals surface area contributed by atoms with Crippen LogP contribution in [-0.4, -0.2) is 10.7 Å². The summed E-state index contributed by atoms with van der Waals surface area (Å²) in [6.45, 7) is 4.92. The van der Waals surface area contributed by atoms with E-state index < -0.39 is 0 Å². The molecule has 0 aliphatic carbocycles. The lowest BCUT2D eigenvalue weighted by Gasteiger charge is -1.96. The molecule has 0 saturated carbocycles. The molecule has 0 saturated heterocycles. The molecular formula is C10H14N2. The summed E-state index contributed by atoms with van der Waals surface area (Å²) in [5.41, 5.74) is 2.36. The highest BCUT2D eigenvalue weighted by atomic mass is 14.7. The Hall–Kier alpha value is -1.18. The summed E-state index contributed by atoms with van der Waals surface area (Å²) in [6.07, 6.45) is 4.66. The van der Waals surface area contributed by atoms with Crippen molar-refractivity contribution < 1.29 is 0 Å². The van der Waals surface area contributed by atoms with Crippen molar-refractivity contribution >= 4 is 5.71 Å². The molecule has 1 rings (SSSR count). The SMILES string of the molecule is CCC(C)=NCc1cccnc1. The zero-order chi connectivity index (χ0) is 8.81. The largest absolute Gasteiger partial charge is 0.290 e. The second-order valence-electron chi connectivity index (χ2n) is 2.77. The molecule has 2 heteroatoms. The van der Waals surface area contributed by atoms with E-state index in [0.717, 1.165) is 13.0 Å². The fraction of sp³-hybridized carbons (Fsp3) is 0.400. The molecule has 0 N–H and O–H groups in total. The number of pyridine rings is 1. The van der Waals surface area contributed by atoms with Crippen LogP contribution in [0.5, 0.6) is 0 Å². The highest BCUT2D eigenvalue weighted by molar-refractivity contribution is 5.81. The molecule has 0 spiro atoms. The Morgan fingerprint density at radius 2 is 2.42 bits per heavy atom. The van der Waals surface area contributed by atoms with Gasteiger partial charge in [-0.05, 0) is 25.0 Å². The Kier molecular flexibility index (Phi) is 3.45. The van der Waals surface area contributed by atoms with Crippen LogP contribution in [0.1, 0.15) is 25.8 Å². The third-order valence-electron chi connectivity index (χ3n) is 1.77. The van der Waals surface area contributed by atoms with E-state index >= 15 is 0 Å². The van der Waals surface area contributed by atoms with E-state index in [1.165, 1.54) is 11.3 Å². The predicted molar refractivity (Wildman–Crippen MR) is 51.3 cm³/mol. The Labute approximate surface area is 73.4 Å². The Bertz CT molecular complexity index is 252. The Morgan fingerprint density at radius 1 is 1.58 bits per heavy atom. The number of hydrogen-bond donors (Lipinski definition) is 0. The van der Waals surface area contributed by atoms with Crippen LogP contribution in [0.2, 0.25) is 0 Å². The third kappa shape index (κ3) is 2.82. The lowest BCUT2D eigenvalue weighted by molar-refractivity contribution is 1.03. The predicted octanol–water partition coefficient (Wildman–Crippen LogP) is 2.45. The molecule has 0 atom stereocenters. The fourth-order valence-corrected chi connectivity index (χ4v) is 0.830. The van der Waals surface area contributed by atoms with Crippen LogP contribution in [0.25, 0.3) is 0 Å². The van der Waals surface area contributed by atoms with Gasteiger partial charge in [0, 0.05) is 18.1 Å². The first-order valence-electron chi connectivity index (χ1n) is 4.21. The minimum Gasteiger partial charge on any atom is -0.290 e. The van der Waals surface area contributed by atoms with Gasteiger partial charge in [0.15, 0.2) is 0 Å². The standard InChI is InChI=1S/C10H14N2/c1-3-9(2)12-8-10-5-4-6-11-7-10/h4-7H,3,8H2,1-2H3. The third-order valence-corrected chi connectivity index (χ3v) is 1.77. The minimum atomic E-state index is 0.757. The van der Waals surface area contributed by atoms with E-state index in [4.69, 9.17) is 0 Å². The number of aliphatic imine (C=N–C) groups is 1. The van der Waals surface area contributed by atoms with Gasteiger partial charge in [0.05, 0.1) is 6.54 Å². The Morgan fingerprint density at radius 3 is 3.00 bits per heavy atom. The number of nitrogens with zero attached hydrogens (tertiary/aromatic N) is 2. The molecule has 0 bridgehead atoms. The maximum atomic E-state index is 4.39. The van der Waals surface area contributed by atoms with Gasteiger partial charge in [-0.15, -0.1) is 0 Å². The van der Waals surface area contributed by atoms with Crippen LogP contribution in [0, 0.1) is 0 Å². The lowest BCUT2D eigenvalue weighted by atomic mass is 10.3. The molecular weight excluding hydrogens is 148 g/mol. The molecule has 0 amide bonds. The van der Waals surface area contributed by atoms with Crippen LogP contribution in [0.4, 0.5) is 0 Å². The van der Waals surface area contributed by atoms with Gasteiger partial charge in [0.2, 0.25) is 0 Å². The molecule has 0 aliphatic rings. The van der Waals surface area contributed by atoms with Crippen LogP contribution in [0.15, 0.2) is 29.5 Å². The summed E-state index contributed by atoms with van der Waals surface area (Å²) in [7, 11) is 0. The summed E-state index contributed by atoms with van der Waals surface area (Å²) < 4.78 is 0. The average molecular weight is 162 g/mol. The van der Waals surface area contributed by atoms with E-state index in [1.54, 1.807) is 6.20 Å². The van der Waals surface area contributed by atoms with Gasteiger partial charge in [-0.2, -0.15) is 0 Å². The smallest absolute Gasteiger partial charge is 0.0654 e. The summed E-state index contributed by atoms with van der Waals surface area (Å²) in [6, 6.07) is 3.98. The maximum absolute atomic E-state index is 4.39. The quantitative estimate of drug-likeness (QED) is 0.627. The van der Waals surface area contributed by atoms with Crippen molar-refractivity contribution in [2.75, 3.05) is 0 Å². The molecule has 0 unspecified atom stereocenters. The van der Waals surface area contributed by atoms with Crippen molar-refractivity contribution in [2.45, 2.75) is 26.8 Å². The summed E-state index contributed by atoms with van der Waals surface area (Å²) >= 11 is 0. The molecule has 1 heterocycles. The fourth-order valence-electron chi connectivity index (χ4n) is 0.830. The average Bonchev–Trinajstić information content (AvgIpc) is 2.16. The van der Waals surface area contributed by atoms with Gasteiger partial charge in [0.1, 0.15) is 0 Å². The highest BCUT2D eigenvalue weighted by Crippen LogP contribution is 1.98. The van der Waals surface area contributed by atoms with Gasteiger partial charge >= 0.3 is 0 Å². The van der Waals surface area contributed by atoms with E-state index in [1.807, 2.05) is 18.3 Å². The van der Waals surface area contributed by atoms with Crippen molar-refractivity contribution in [1.29, 1.82) is 0 Å². The molecule has 0 aliphatic heterocycles. The van der Waals surface area contributed by atoms with Gasteiger partial charge in [0.25, 0.3) is 0 Å². The number of rotatable bonds is 3. The Balaban J connectivity index is 2.54. The second-order valence-corrected chi connectivity index (χ2v) is 2.77. The second kappa shape index (κ2) is 4.65. The first kappa shape index (κ1) is 8.91. The van der Waals surface area contributed by atoms with E-state index in [-0.39, 0.29) is 0 Å². The van der Waals surface area contributed by atoms with Crippen molar-refractivity contribution in [1.82, 2.24) is 4.98 Å². The lowest BCUT2D eigenvalue weighted by Crippen LogP contribution is -1.90. The minimum absolute atomic E-state index is 0.757. The topological polar surface area (TPSA) is 25.2 Å². The normalized spacial score (nSPS) is 11.7. The van der Waals surface area contributed by atoms with Gasteiger partial charge in [-0.25, -0.2) is 0 Å². The first-order valence-corrected chi connectivity index (χ1v) is 4.21. The summed E-state index contributed by atoms with van der Waals surface area (Å²) in [5.74, 6) is 0. The van der Waals surface area contributed by atoms with Crippen molar-refractivity contribution in [3.63, 3.8) is 0 Å². The van der Waals surface area contributed by atoms with Gasteiger partial charge in [-0.3, -0.25) is 9.98 Å². The van der Waals surface area contributed by atoms with E-state index in [9.17, 15) is 0 Å². The number of aromatic nitrogens is 1. The van der Waals surface area contributed by atoms with Crippen LogP contribution in [0.3, 0.4) is 0 Å². The van der Waals surface area contributed by atoms with Gasteiger partial charge in [-0.1, -0.05) is 13.0 Å². The summed E-state index contributed by atoms with van der Waals surface area (Å²) in [5, 5.41) is 0. The molecule has 0 aromatic carbocycles. The zero-order valence-electron chi connectivity index (χ0n) is 7.62. The molecule has 0 radical (unpaired) electrons. The van der Waals surface area contributed by atoms with Gasteiger partial charge < -0.3 is 0 Å². The van der Waals surface area contributed by atoms with Crippen molar-refractivity contribution in [3.8, 4) is 0 Å². The molecule has 64 valence electrons. The molecule has 1 aromatic rings. The van der Waals surface area contributed by atoms with Crippen molar-refractivity contribution in [2.24, 2.45) is 4.99 Å². The highest BCUT2D eigenvalue weighted by Gasteiger charge is 1.89. The van der Waals surface area contributed by atoms with Crippen LogP contribution >= 0.6 is 0 Å². The zero-order valence-corrected chi connectivity index (χ0v) is 7.62. The van der Waals surface area contributed by atoms with Crippen molar-refractivity contribution in [3.05, 3.63) is 30.1 Å². The molecule has 2 nitrogen and oxygen atoms in total. The molecule has 1 aromatic heterocycles. The summed E-state index contributed by atoms with van der Waals surface area (Å²) in [4.78, 5) is 8.41. The monoisotopic (exact) mass is 162 g/mol.